The van der Waals surface area contributed by atoms with Crippen LogP contribution in [0.3, 0.4) is 0 Å². The lowest BCUT2D eigenvalue weighted by atomic mass is 10.3. The average Bonchev–Trinajstić information content (AvgIpc) is 2.90. The summed E-state index contributed by atoms with van der Waals surface area (Å²) in [5, 5.41) is 0. The van der Waals surface area contributed by atoms with Crippen LogP contribution in [0.2, 0.25) is 0 Å². The van der Waals surface area contributed by atoms with Gasteiger partial charge in [0, 0.05) is 0 Å². The van der Waals surface area contributed by atoms with Crippen molar-refractivity contribution in [2.45, 2.75) is 12.8 Å². The van der Waals surface area contributed by atoms with Crippen LogP contribution in [0.4, 0.5) is 8.78 Å². The second kappa shape index (κ2) is 3.32. The van der Waals surface area contributed by atoms with Gasteiger partial charge in [-0.15, -0.1) is 0 Å². The second-order valence-electron chi connectivity index (χ2n) is 3.24. The molecule has 1 aromatic rings. The maximum Gasteiger partial charge on any atom is 0.165 e. The molecule has 1 aliphatic carbocycles. The highest BCUT2D eigenvalue weighted by Gasteiger charge is 2.22. The van der Waals surface area contributed by atoms with Gasteiger partial charge in [0.25, 0.3) is 0 Å². The van der Waals surface area contributed by atoms with Gasteiger partial charge in [-0.1, -0.05) is 0 Å². The zero-order chi connectivity index (χ0) is 9.26. The summed E-state index contributed by atoms with van der Waals surface area (Å²) in [5.41, 5.74) is 0. The van der Waals surface area contributed by atoms with Gasteiger partial charge in [0.2, 0.25) is 0 Å². The van der Waals surface area contributed by atoms with Crippen molar-refractivity contribution in [3.8, 4) is 5.75 Å². The molecule has 0 saturated heterocycles. The molecule has 0 atom stereocenters. The van der Waals surface area contributed by atoms with E-state index in [1.165, 1.54) is 0 Å². The van der Waals surface area contributed by atoms with Gasteiger partial charge in [0.15, 0.2) is 11.6 Å². The molecule has 69 valence electrons. The molecule has 1 saturated carbocycles. The van der Waals surface area contributed by atoms with Gasteiger partial charge in [-0.3, -0.25) is 0 Å². The van der Waals surface area contributed by atoms with Crippen molar-refractivity contribution in [3.63, 3.8) is 0 Å². The summed E-state index contributed by atoms with van der Waals surface area (Å²) in [6, 6.07) is 4.27. The van der Waals surface area contributed by atoms with Crippen LogP contribution in [0.15, 0.2) is 12.1 Å². The Balaban J connectivity index is 2.03. The maximum absolute atomic E-state index is 12.9. The van der Waals surface area contributed by atoms with E-state index in [4.69, 9.17) is 4.74 Å². The standard InChI is InChI=1S/C10H9F2O/c11-8-3-4-9(12)10(5-8)13-6-7-1-2-7/h3-4,7H,1-2,6H2. The highest BCUT2D eigenvalue weighted by molar-refractivity contribution is 5.23. The summed E-state index contributed by atoms with van der Waals surface area (Å²) >= 11 is 0. The number of hydrogen-bond acceptors (Lipinski definition) is 1. The van der Waals surface area contributed by atoms with Gasteiger partial charge in [-0.2, -0.15) is 0 Å². The predicted molar refractivity (Wildman–Crippen MR) is 43.4 cm³/mol. The molecular weight excluding hydrogens is 174 g/mol. The molecule has 0 aliphatic heterocycles. The molecule has 0 aromatic heterocycles. The Bertz CT molecular complexity index is 308. The Labute approximate surface area is 75.3 Å². The van der Waals surface area contributed by atoms with Crippen LogP contribution in [-0.2, 0) is 0 Å². The van der Waals surface area contributed by atoms with Gasteiger partial charge in [-0.05, 0) is 30.9 Å². The van der Waals surface area contributed by atoms with Crippen molar-refractivity contribution in [3.05, 3.63) is 29.8 Å². The van der Waals surface area contributed by atoms with Gasteiger partial charge in [0.1, 0.15) is 5.82 Å². The summed E-state index contributed by atoms with van der Waals surface area (Å²) < 4.78 is 30.6. The molecule has 0 heterocycles. The van der Waals surface area contributed by atoms with E-state index >= 15 is 0 Å². The molecule has 2 rings (SSSR count). The van der Waals surface area contributed by atoms with Crippen molar-refractivity contribution < 1.29 is 13.5 Å². The first-order chi connectivity index (χ1) is 6.25. The molecule has 1 aliphatic rings. The molecular formula is C10H9F2O. The number of ether oxygens (including phenoxy) is 1. The molecule has 0 amide bonds. The molecule has 3 heteroatoms. The van der Waals surface area contributed by atoms with Crippen LogP contribution in [0.1, 0.15) is 12.8 Å². The van der Waals surface area contributed by atoms with E-state index in [1.54, 1.807) is 0 Å². The summed E-state index contributed by atoms with van der Waals surface area (Å²) in [7, 11) is 0. The molecule has 13 heavy (non-hydrogen) atoms. The SMILES string of the molecule is Fc1[c]c(OCC2CC2)c(F)cc1. The molecule has 0 bridgehead atoms. The highest BCUT2D eigenvalue weighted by Crippen LogP contribution is 2.30. The van der Waals surface area contributed by atoms with Crippen LogP contribution in [0.25, 0.3) is 0 Å². The molecule has 0 spiro atoms. The Morgan fingerprint density at radius 1 is 1.38 bits per heavy atom. The van der Waals surface area contributed by atoms with Crippen LogP contribution >= 0.6 is 0 Å². The molecule has 0 N–H and O–H groups in total. The smallest absolute Gasteiger partial charge is 0.165 e. The van der Waals surface area contributed by atoms with Crippen molar-refractivity contribution in [2.75, 3.05) is 6.61 Å². The van der Waals surface area contributed by atoms with Crippen LogP contribution < -0.4 is 4.74 Å². The quantitative estimate of drug-likeness (QED) is 0.699. The molecule has 1 aromatic carbocycles. The topological polar surface area (TPSA) is 9.23 Å². The average molecular weight is 183 g/mol. The first-order valence-corrected chi connectivity index (χ1v) is 4.26. The van der Waals surface area contributed by atoms with Gasteiger partial charge in [-0.25, -0.2) is 8.78 Å². The zero-order valence-electron chi connectivity index (χ0n) is 7.02. The summed E-state index contributed by atoms with van der Waals surface area (Å²) in [6.07, 6.45) is 2.24. The Morgan fingerprint density at radius 3 is 2.85 bits per heavy atom. The fourth-order valence-electron chi connectivity index (χ4n) is 1.02. The lowest BCUT2D eigenvalue weighted by molar-refractivity contribution is 0.283. The van der Waals surface area contributed by atoms with Crippen LogP contribution in [0.5, 0.6) is 5.75 Å². The van der Waals surface area contributed by atoms with Crippen molar-refractivity contribution in [2.24, 2.45) is 5.92 Å². The number of rotatable bonds is 3. The third-order valence-electron chi connectivity index (χ3n) is 1.99. The van der Waals surface area contributed by atoms with Gasteiger partial charge >= 0.3 is 0 Å². The Morgan fingerprint density at radius 2 is 2.15 bits per heavy atom. The minimum Gasteiger partial charge on any atom is -0.489 e. The predicted octanol–water partition coefficient (Wildman–Crippen LogP) is 2.55. The highest BCUT2D eigenvalue weighted by atomic mass is 19.1. The minimum absolute atomic E-state index is 0.105. The van der Waals surface area contributed by atoms with E-state index in [0.717, 1.165) is 25.0 Å². The third-order valence-corrected chi connectivity index (χ3v) is 1.99. The summed E-state index contributed by atoms with van der Waals surface area (Å²) in [5.74, 6) is -0.725. The van der Waals surface area contributed by atoms with Gasteiger partial charge < -0.3 is 4.74 Å². The van der Waals surface area contributed by atoms with Crippen molar-refractivity contribution in [1.82, 2.24) is 0 Å². The number of benzene rings is 1. The minimum atomic E-state index is -0.591. The summed E-state index contributed by atoms with van der Waals surface area (Å²) in [4.78, 5) is 0. The lowest BCUT2D eigenvalue weighted by Gasteiger charge is -2.04. The molecule has 1 nitrogen and oxygen atoms in total. The summed E-state index contributed by atoms with van der Waals surface area (Å²) in [6.45, 7) is 0.469. The Hall–Kier alpha value is -1.12. The van der Waals surface area contributed by atoms with E-state index in [-0.39, 0.29) is 5.75 Å². The molecule has 1 fully saturated rings. The lowest BCUT2D eigenvalue weighted by Crippen LogP contribution is -2.01. The van der Waals surface area contributed by atoms with Gasteiger partial charge in [0.05, 0.1) is 12.7 Å². The molecule has 0 unspecified atom stereocenters. The van der Waals surface area contributed by atoms with Crippen LogP contribution in [-0.4, -0.2) is 6.61 Å². The largest absolute Gasteiger partial charge is 0.489 e. The van der Waals surface area contributed by atoms with Crippen LogP contribution in [0, 0.1) is 23.6 Å². The van der Waals surface area contributed by atoms with E-state index in [9.17, 15) is 8.78 Å². The zero-order valence-corrected chi connectivity index (χ0v) is 7.02. The second-order valence-corrected chi connectivity index (χ2v) is 3.24. The van der Waals surface area contributed by atoms with Crippen molar-refractivity contribution >= 4 is 0 Å². The maximum atomic E-state index is 12.9. The van der Waals surface area contributed by atoms with E-state index in [1.807, 2.05) is 0 Å². The first kappa shape index (κ1) is 8.48. The molecule has 1 radical (unpaired) electrons. The normalized spacial score (nSPS) is 15.8. The fourth-order valence-corrected chi connectivity index (χ4v) is 1.02. The van der Waals surface area contributed by atoms with E-state index in [2.05, 4.69) is 6.07 Å². The first-order valence-electron chi connectivity index (χ1n) is 4.26. The monoisotopic (exact) mass is 183 g/mol. The number of hydrogen-bond donors (Lipinski definition) is 0. The van der Waals surface area contributed by atoms with Crippen molar-refractivity contribution in [1.29, 1.82) is 0 Å². The fraction of sp³-hybridized carbons (Fsp3) is 0.400. The Kier molecular flexibility index (Phi) is 2.17. The number of halogens is 2. The third kappa shape index (κ3) is 2.17. The van der Waals surface area contributed by atoms with E-state index in [0.29, 0.717) is 12.5 Å². The van der Waals surface area contributed by atoms with E-state index < -0.39 is 11.6 Å².